The minimum Gasteiger partial charge on any atom is -0.465 e. The Kier molecular flexibility index (Phi) is 7.57. The molecular formula is C27H32N4O5S. The maximum Gasteiger partial charge on any atom is 0.408 e. The lowest BCUT2D eigenvalue weighted by atomic mass is 9.96. The summed E-state index contributed by atoms with van der Waals surface area (Å²) in [7, 11) is -3.99. The second kappa shape index (κ2) is 11.0. The largest absolute Gasteiger partial charge is 0.465 e. The van der Waals surface area contributed by atoms with Crippen LogP contribution in [0, 0.1) is 0 Å². The van der Waals surface area contributed by atoms with Crippen molar-refractivity contribution in [3.05, 3.63) is 83.5 Å². The molecule has 37 heavy (non-hydrogen) atoms. The number of aromatic nitrogens is 2. The number of hydrogen-bond acceptors (Lipinski definition) is 6. The Bertz CT molecular complexity index is 1300. The van der Waals surface area contributed by atoms with Gasteiger partial charge in [0.2, 0.25) is 15.9 Å². The van der Waals surface area contributed by atoms with Crippen LogP contribution in [-0.2, 0) is 22.9 Å². The summed E-state index contributed by atoms with van der Waals surface area (Å²) >= 11 is 0. The molecule has 2 aliphatic heterocycles. The molecule has 3 atom stereocenters. The Hall–Kier alpha value is -3.24. The van der Waals surface area contributed by atoms with Crippen LogP contribution in [0.3, 0.4) is 0 Å². The molecule has 5 rings (SSSR count). The summed E-state index contributed by atoms with van der Waals surface area (Å²) in [5.74, 6) is 0.766. The van der Waals surface area contributed by atoms with Crippen molar-refractivity contribution >= 4 is 16.1 Å². The van der Waals surface area contributed by atoms with E-state index in [2.05, 4.69) is 22.3 Å². The highest BCUT2D eigenvalue weighted by Gasteiger charge is 2.49. The molecule has 1 aromatic heterocycles. The van der Waals surface area contributed by atoms with Crippen LogP contribution in [0.1, 0.15) is 66.9 Å². The van der Waals surface area contributed by atoms with Crippen LogP contribution in [0.4, 0.5) is 4.79 Å². The summed E-state index contributed by atoms with van der Waals surface area (Å²) in [6.45, 7) is 0.457. The van der Waals surface area contributed by atoms with Gasteiger partial charge in [-0.2, -0.15) is 9.29 Å². The van der Waals surface area contributed by atoms with Gasteiger partial charge in [0.25, 0.3) is 0 Å². The van der Waals surface area contributed by atoms with Crippen molar-refractivity contribution in [2.75, 3.05) is 13.1 Å². The van der Waals surface area contributed by atoms with Crippen molar-refractivity contribution in [3.63, 3.8) is 0 Å². The minimum absolute atomic E-state index is 0.0590. The molecule has 0 radical (unpaired) electrons. The van der Waals surface area contributed by atoms with E-state index in [1.54, 1.807) is 0 Å². The normalized spacial score (nSPS) is 22.8. The van der Waals surface area contributed by atoms with E-state index < -0.39 is 27.5 Å². The van der Waals surface area contributed by atoms with Crippen LogP contribution in [-0.4, -0.2) is 57.4 Å². The van der Waals surface area contributed by atoms with Crippen LogP contribution in [0.15, 0.2) is 65.2 Å². The van der Waals surface area contributed by atoms with Gasteiger partial charge in [0.15, 0.2) is 11.2 Å². The van der Waals surface area contributed by atoms with Crippen LogP contribution in [0.25, 0.3) is 0 Å². The molecule has 2 fully saturated rings. The van der Waals surface area contributed by atoms with E-state index in [0.29, 0.717) is 31.5 Å². The topological polar surface area (TPSA) is 117 Å². The molecule has 0 bridgehead atoms. The fraction of sp³-hybridized carbons (Fsp3) is 0.444. The second-order valence-corrected chi connectivity index (χ2v) is 11.8. The first-order chi connectivity index (χ1) is 17.9. The molecule has 3 aromatic rings. The fourth-order valence-corrected chi connectivity index (χ4v) is 7.68. The number of aryl methyl sites for hydroxylation is 2. The highest BCUT2D eigenvalue weighted by molar-refractivity contribution is 7.89. The van der Waals surface area contributed by atoms with Gasteiger partial charge in [-0.25, -0.2) is 13.2 Å². The molecule has 0 saturated carbocycles. The fourth-order valence-electron chi connectivity index (χ4n) is 5.46. The number of piperidine rings is 1. The van der Waals surface area contributed by atoms with Gasteiger partial charge in [-0.1, -0.05) is 65.8 Å². The van der Waals surface area contributed by atoms with Crippen molar-refractivity contribution < 1.29 is 22.8 Å². The lowest BCUT2D eigenvalue weighted by Crippen LogP contribution is -2.52. The van der Waals surface area contributed by atoms with Gasteiger partial charge in [-0.05, 0) is 55.6 Å². The third kappa shape index (κ3) is 5.55. The highest BCUT2D eigenvalue weighted by atomic mass is 32.2. The summed E-state index contributed by atoms with van der Waals surface area (Å²) in [5, 5.41) is 12.7. The summed E-state index contributed by atoms with van der Waals surface area (Å²) in [4.78, 5) is 17.5. The molecule has 0 aliphatic carbocycles. The van der Waals surface area contributed by atoms with Crippen LogP contribution in [0.5, 0.6) is 0 Å². The highest BCUT2D eigenvalue weighted by Crippen LogP contribution is 2.43. The first kappa shape index (κ1) is 25.4. The molecule has 1 unspecified atom stereocenters. The van der Waals surface area contributed by atoms with E-state index >= 15 is 0 Å². The van der Waals surface area contributed by atoms with Crippen molar-refractivity contribution in [1.82, 2.24) is 19.3 Å². The third-order valence-electron chi connectivity index (χ3n) is 7.37. The van der Waals surface area contributed by atoms with Gasteiger partial charge in [0, 0.05) is 19.5 Å². The second-order valence-electron chi connectivity index (χ2n) is 9.79. The Labute approximate surface area is 217 Å². The summed E-state index contributed by atoms with van der Waals surface area (Å²) < 4.78 is 34.9. The van der Waals surface area contributed by atoms with Gasteiger partial charge in [0.05, 0.1) is 0 Å². The number of amides is 1. The zero-order chi connectivity index (χ0) is 25.8. The zero-order valence-corrected chi connectivity index (χ0v) is 21.5. The summed E-state index contributed by atoms with van der Waals surface area (Å²) in [5.41, 5.74) is 2.27. The Balaban J connectivity index is 1.38. The van der Waals surface area contributed by atoms with Gasteiger partial charge in [0.1, 0.15) is 6.04 Å². The predicted octanol–water partition coefficient (Wildman–Crippen LogP) is 4.60. The van der Waals surface area contributed by atoms with Crippen LogP contribution < -0.4 is 0 Å². The lowest BCUT2D eigenvalue weighted by Gasteiger charge is -2.36. The molecule has 2 saturated heterocycles. The zero-order valence-electron chi connectivity index (χ0n) is 20.6. The van der Waals surface area contributed by atoms with Gasteiger partial charge in [-0.3, -0.25) is 4.90 Å². The maximum atomic E-state index is 13.9. The average molecular weight is 525 g/mol. The van der Waals surface area contributed by atoms with Crippen LogP contribution in [0.2, 0.25) is 0 Å². The number of hydrogen-bond donors (Lipinski definition) is 1. The summed E-state index contributed by atoms with van der Waals surface area (Å²) in [6.07, 6.45) is 3.24. The Morgan fingerprint density at radius 1 is 1.03 bits per heavy atom. The smallest absolute Gasteiger partial charge is 0.408 e. The molecule has 196 valence electrons. The van der Waals surface area contributed by atoms with E-state index in [1.165, 1.54) is 9.87 Å². The Morgan fingerprint density at radius 3 is 2.49 bits per heavy atom. The SMILES string of the molecule is O=C(O)N1CCCCC1S(=O)(=O)N1C[C@H](c2ccccc2)C[C@H]1c1nc(CCCc2ccccc2)no1. The molecule has 2 aliphatic rings. The van der Waals surface area contributed by atoms with Crippen LogP contribution >= 0.6 is 0 Å². The number of benzene rings is 2. The molecule has 1 N–H and O–H groups in total. The number of nitrogens with zero attached hydrogens (tertiary/aromatic N) is 4. The standard InChI is InChI=1S/C27H32N4O5S/c32-27(33)30-17-8-7-16-25(30)37(34,35)31-19-22(21-13-5-2-6-14-21)18-23(31)26-28-24(29-36-26)15-9-12-20-10-3-1-4-11-20/h1-6,10-11,13-14,22-23,25H,7-9,12,15-19H2,(H,32,33)/t22-,23+,25?/m1/s1. The monoisotopic (exact) mass is 524 g/mol. The van der Waals surface area contributed by atoms with E-state index in [9.17, 15) is 18.3 Å². The van der Waals surface area contributed by atoms with Gasteiger partial charge in [-0.15, -0.1) is 0 Å². The molecule has 9 nitrogen and oxygen atoms in total. The van der Waals surface area contributed by atoms with Crippen molar-refractivity contribution in [1.29, 1.82) is 0 Å². The maximum absolute atomic E-state index is 13.9. The number of carbonyl (C=O) groups is 1. The van der Waals surface area contributed by atoms with E-state index in [1.807, 2.05) is 48.5 Å². The first-order valence-corrected chi connectivity index (χ1v) is 14.4. The van der Waals surface area contributed by atoms with Gasteiger partial charge >= 0.3 is 6.09 Å². The average Bonchev–Trinajstić information content (AvgIpc) is 3.58. The van der Waals surface area contributed by atoms with Crippen molar-refractivity contribution in [3.8, 4) is 0 Å². The Morgan fingerprint density at radius 2 is 1.76 bits per heavy atom. The van der Waals surface area contributed by atoms with Crippen molar-refractivity contribution in [2.24, 2.45) is 0 Å². The van der Waals surface area contributed by atoms with E-state index in [4.69, 9.17) is 4.52 Å². The number of likely N-dealkylation sites (tertiary alicyclic amines) is 1. The molecule has 1 amide bonds. The third-order valence-corrected chi connectivity index (χ3v) is 9.60. The molecule has 3 heterocycles. The van der Waals surface area contributed by atoms with E-state index in [0.717, 1.165) is 23.3 Å². The number of rotatable bonds is 8. The number of sulfonamides is 1. The first-order valence-electron chi connectivity index (χ1n) is 12.8. The molecule has 10 heteroatoms. The minimum atomic E-state index is -3.99. The van der Waals surface area contributed by atoms with E-state index in [-0.39, 0.29) is 31.3 Å². The number of carboxylic acid groups (broad SMARTS) is 1. The quantitative estimate of drug-likeness (QED) is 0.458. The molecular weight excluding hydrogens is 492 g/mol. The molecule has 2 aromatic carbocycles. The van der Waals surface area contributed by atoms with Gasteiger partial charge < -0.3 is 9.63 Å². The van der Waals surface area contributed by atoms with Crippen molar-refractivity contribution in [2.45, 2.75) is 62.3 Å². The predicted molar refractivity (Wildman–Crippen MR) is 137 cm³/mol. The lowest BCUT2D eigenvalue weighted by molar-refractivity contribution is 0.124. The summed E-state index contributed by atoms with van der Waals surface area (Å²) in [6, 6.07) is 19.3. The molecule has 0 spiro atoms.